The minimum atomic E-state index is -1.56. The molecule has 5 nitrogen and oxygen atoms in total. The minimum Gasteiger partial charge on any atom is -0.543 e. The second-order valence-electron chi connectivity index (χ2n) is 5.41. The van der Waals surface area contributed by atoms with Gasteiger partial charge in [0, 0.05) is 0 Å². The number of hydrogen-bond donors (Lipinski definition) is 1. The lowest BCUT2D eigenvalue weighted by molar-refractivity contribution is -0.255. The summed E-state index contributed by atoms with van der Waals surface area (Å²) in [6, 6.07) is 13.9. The number of carboxylic acid groups (broad SMARTS) is 1. The van der Waals surface area contributed by atoms with Crippen molar-refractivity contribution >= 4 is 62.9 Å². The first-order valence-electron chi connectivity index (χ1n) is 7.44. The summed E-state index contributed by atoms with van der Waals surface area (Å²) in [5.41, 5.74) is 3.73. The van der Waals surface area contributed by atoms with E-state index < -0.39 is 11.7 Å². The molecule has 2 aromatic carbocycles. The first kappa shape index (κ1) is 18.5. The molecule has 0 saturated carbocycles. The number of nitrogens with zero attached hydrogens (tertiary/aromatic N) is 2. The van der Waals surface area contributed by atoms with Gasteiger partial charge in [-0.1, -0.05) is 71.2 Å². The Bertz CT molecular complexity index is 1050. The number of hydrogen-bond acceptors (Lipinski definition) is 5. The second kappa shape index (κ2) is 7.50. The van der Waals surface area contributed by atoms with Crippen LogP contribution in [0.25, 0.3) is 10.8 Å². The fourth-order valence-corrected chi connectivity index (χ4v) is 3.03. The van der Waals surface area contributed by atoms with Crippen molar-refractivity contribution < 1.29 is 9.90 Å². The SMILES string of the molecule is C/C(=N/Nc1c(Cl)c(Cl)nc(C(=O)[O-])c1Cl)c1ccc2ccccc2c1. The van der Waals surface area contributed by atoms with E-state index in [9.17, 15) is 9.90 Å². The van der Waals surface area contributed by atoms with Crippen LogP contribution in [0.5, 0.6) is 0 Å². The van der Waals surface area contributed by atoms with Gasteiger partial charge in [0.1, 0.15) is 10.7 Å². The molecule has 26 heavy (non-hydrogen) atoms. The highest BCUT2D eigenvalue weighted by atomic mass is 35.5. The van der Waals surface area contributed by atoms with Crippen LogP contribution in [0.4, 0.5) is 5.69 Å². The molecule has 1 aromatic heterocycles. The molecule has 0 fully saturated rings. The number of fused-ring (bicyclic) bond motifs is 1. The topological polar surface area (TPSA) is 77.4 Å². The maximum Gasteiger partial charge on any atom is 0.150 e. The van der Waals surface area contributed by atoms with E-state index in [1.807, 2.05) is 42.5 Å². The van der Waals surface area contributed by atoms with Gasteiger partial charge in [0.15, 0.2) is 5.15 Å². The molecule has 0 aliphatic rings. The van der Waals surface area contributed by atoms with Crippen LogP contribution in [0, 0.1) is 0 Å². The van der Waals surface area contributed by atoms with Gasteiger partial charge >= 0.3 is 0 Å². The van der Waals surface area contributed by atoms with Crippen LogP contribution < -0.4 is 10.5 Å². The standard InChI is InChI=1S/C18H12Cl3N3O2/c1-9(11-7-6-10-4-2-3-5-12(10)8-11)23-24-15-13(19)16(18(25)26)22-17(21)14(15)20/h2-8H,1H3,(H,22,24)(H,25,26)/p-1/b23-9-. The lowest BCUT2D eigenvalue weighted by Crippen LogP contribution is -2.24. The monoisotopic (exact) mass is 406 g/mol. The van der Waals surface area contributed by atoms with E-state index in [2.05, 4.69) is 15.5 Å². The zero-order valence-corrected chi connectivity index (χ0v) is 15.7. The second-order valence-corrected chi connectivity index (χ2v) is 6.53. The zero-order valence-electron chi connectivity index (χ0n) is 13.4. The van der Waals surface area contributed by atoms with Crippen molar-refractivity contribution in [1.82, 2.24) is 4.98 Å². The number of aromatic nitrogens is 1. The molecule has 8 heteroatoms. The largest absolute Gasteiger partial charge is 0.543 e. The van der Waals surface area contributed by atoms with Crippen LogP contribution in [0.3, 0.4) is 0 Å². The summed E-state index contributed by atoms with van der Waals surface area (Å²) in [4.78, 5) is 14.7. The van der Waals surface area contributed by atoms with Crippen LogP contribution in [0.15, 0.2) is 47.6 Å². The van der Waals surface area contributed by atoms with Gasteiger partial charge in [-0.15, -0.1) is 0 Å². The van der Waals surface area contributed by atoms with Crippen molar-refractivity contribution in [3.63, 3.8) is 0 Å². The molecule has 0 atom stereocenters. The molecule has 0 bridgehead atoms. The Hall–Kier alpha value is -2.34. The molecule has 0 spiro atoms. The fourth-order valence-electron chi connectivity index (χ4n) is 2.37. The highest BCUT2D eigenvalue weighted by molar-refractivity contribution is 6.46. The quantitative estimate of drug-likeness (QED) is 0.395. The van der Waals surface area contributed by atoms with E-state index in [0.717, 1.165) is 16.3 Å². The number of carboxylic acids is 1. The summed E-state index contributed by atoms with van der Waals surface area (Å²) in [6.45, 7) is 1.79. The van der Waals surface area contributed by atoms with Crippen LogP contribution >= 0.6 is 34.8 Å². The van der Waals surface area contributed by atoms with E-state index in [0.29, 0.717) is 5.71 Å². The van der Waals surface area contributed by atoms with Gasteiger partial charge in [0.25, 0.3) is 0 Å². The molecule has 3 rings (SSSR count). The maximum atomic E-state index is 11.1. The summed E-state index contributed by atoms with van der Waals surface area (Å²) in [5.74, 6) is -1.56. The lowest BCUT2D eigenvalue weighted by Gasteiger charge is -2.13. The lowest BCUT2D eigenvalue weighted by atomic mass is 10.0. The minimum absolute atomic E-state index is 0.0308. The van der Waals surface area contributed by atoms with E-state index in [1.165, 1.54) is 0 Å². The van der Waals surface area contributed by atoms with Gasteiger partial charge in [0.05, 0.1) is 22.4 Å². The molecule has 0 unspecified atom stereocenters. The highest BCUT2D eigenvalue weighted by Gasteiger charge is 2.17. The summed E-state index contributed by atoms with van der Waals surface area (Å²) in [5, 5.41) is 17.0. The molecular weight excluding hydrogens is 397 g/mol. The van der Waals surface area contributed by atoms with E-state index in [-0.39, 0.29) is 20.9 Å². The normalized spacial score (nSPS) is 11.6. The molecule has 3 aromatic rings. The number of rotatable bonds is 4. The average Bonchev–Trinajstić information content (AvgIpc) is 2.63. The van der Waals surface area contributed by atoms with E-state index >= 15 is 0 Å². The third-order valence-corrected chi connectivity index (χ3v) is 4.84. The molecule has 0 aliphatic heterocycles. The number of halogens is 3. The number of carbonyl (C=O) groups excluding carboxylic acids is 1. The first-order valence-corrected chi connectivity index (χ1v) is 8.57. The van der Waals surface area contributed by atoms with Crippen molar-refractivity contribution in [2.45, 2.75) is 6.92 Å². The predicted molar refractivity (Wildman–Crippen MR) is 103 cm³/mol. The van der Waals surface area contributed by atoms with E-state index in [4.69, 9.17) is 34.8 Å². The van der Waals surface area contributed by atoms with Crippen molar-refractivity contribution in [2.75, 3.05) is 5.43 Å². The highest BCUT2D eigenvalue weighted by Crippen LogP contribution is 2.36. The molecule has 1 N–H and O–H groups in total. The van der Waals surface area contributed by atoms with Crippen LogP contribution in [-0.2, 0) is 0 Å². The number of nitrogens with one attached hydrogen (secondary N) is 1. The third-order valence-electron chi connectivity index (χ3n) is 3.73. The Balaban J connectivity index is 1.97. The summed E-state index contributed by atoms with van der Waals surface area (Å²) >= 11 is 17.9. The molecule has 1 heterocycles. The smallest absolute Gasteiger partial charge is 0.150 e. The van der Waals surface area contributed by atoms with Crippen molar-refractivity contribution in [3.8, 4) is 0 Å². The first-order chi connectivity index (χ1) is 12.4. The zero-order chi connectivity index (χ0) is 18.8. The Kier molecular flexibility index (Phi) is 5.32. The Morgan fingerprint density at radius 3 is 2.46 bits per heavy atom. The average molecular weight is 408 g/mol. The molecule has 132 valence electrons. The molecular formula is C18H11Cl3N3O2-. The summed E-state index contributed by atoms with van der Waals surface area (Å²) < 4.78 is 0. The molecule has 0 saturated heterocycles. The molecule has 0 radical (unpaired) electrons. The molecule has 0 aliphatic carbocycles. The van der Waals surface area contributed by atoms with Gasteiger partial charge in [-0.2, -0.15) is 5.10 Å². The van der Waals surface area contributed by atoms with E-state index in [1.54, 1.807) is 6.92 Å². The fraction of sp³-hybridized carbons (Fsp3) is 0.0556. The number of aromatic carboxylic acids is 1. The Labute approximate surface area is 164 Å². The Morgan fingerprint density at radius 1 is 1.08 bits per heavy atom. The van der Waals surface area contributed by atoms with Crippen LogP contribution in [-0.4, -0.2) is 16.7 Å². The van der Waals surface area contributed by atoms with Crippen molar-refractivity contribution in [3.05, 3.63) is 68.9 Å². The predicted octanol–water partition coefficient (Wildman–Crippen LogP) is 4.39. The van der Waals surface area contributed by atoms with Crippen LogP contribution in [0.1, 0.15) is 23.0 Å². The number of carbonyl (C=O) groups is 1. The summed E-state index contributed by atoms with van der Waals surface area (Å²) in [7, 11) is 0. The van der Waals surface area contributed by atoms with Crippen molar-refractivity contribution in [2.24, 2.45) is 5.10 Å². The van der Waals surface area contributed by atoms with Gasteiger partial charge in [0.2, 0.25) is 0 Å². The van der Waals surface area contributed by atoms with Gasteiger partial charge < -0.3 is 9.90 Å². The van der Waals surface area contributed by atoms with Crippen molar-refractivity contribution in [1.29, 1.82) is 0 Å². The Morgan fingerprint density at radius 2 is 1.77 bits per heavy atom. The number of pyridine rings is 1. The third kappa shape index (κ3) is 3.60. The maximum absolute atomic E-state index is 11.1. The summed E-state index contributed by atoms with van der Waals surface area (Å²) in [6.07, 6.45) is 0. The number of anilines is 1. The van der Waals surface area contributed by atoms with Gasteiger partial charge in [-0.3, -0.25) is 5.43 Å². The molecule has 0 amide bonds. The number of hydrazone groups is 1. The van der Waals surface area contributed by atoms with Gasteiger partial charge in [-0.25, -0.2) is 4.98 Å². The number of benzene rings is 2. The van der Waals surface area contributed by atoms with Gasteiger partial charge in [-0.05, 0) is 29.3 Å². The van der Waals surface area contributed by atoms with Crippen LogP contribution in [0.2, 0.25) is 15.2 Å².